The average Bonchev–Trinajstić information content (AvgIpc) is 2.46. The molecule has 0 fully saturated rings. The largest absolute Gasteiger partial charge is 0.390 e. The van der Waals surface area contributed by atoms with Crippen molar-refractivity contribution in [3.8, 4) is 0 Å². The highest BCUT2D eigenvalue weighted by atomic mass is 79.9. The molecule has 2 atom stereocenters. The number of aromatic nitrogens is 2. The molecule has 0 aliphatic heterocycles. The number of hydrogen-bond acceptors (Lipinski definition) is 4. The zero-order valence-electron chi connectivity index (χ0n) is 11.8. The van der Waals surface area contributed by atoms with Crippen LogP contribution >= 0.6 is 31.9 Å². The second-order valence-corrected chi connectivity index (χ2v) is 6.24. The van der Waals surface area contributed by atoms with E-state index in [9.17, 15) is 5.11 Å². The van der Waals surface area contributed by atoms with Gasteiger partial charge in [0, 0.05) is 25.3 Å². The van der Waals surface area contributed by atoms with Gasteiger partial charge < -0.3 is 9.84 Å². The normalized spacial score (nSPS) is 15.5. The Bertz CT molecular complexity index is 608. The van der Waals surface area contributed by atoms with Crippen LogP contribution in [-0.4, -0.2) is 28.3 Å². The highest BCUT2D eigenvalue weighted by molar-refractivity contribution is 9.11. The second kappa shape index (κ2) is 6.96. The Balaban J connectivity index is 2.51. The van der Waals surface area contributed by atoms with Crippen molar-refractivity contribution in [3.05, 3.63) is 57.0 Å². The topological polar surface area (TPSA) is 55.2 Å². The molecule has 0 aliphatic carbocycles. The first-order chi connectivity index (χ1) is 9.99. The van der Waals surface area contributed by atoms with Crippen LogP contribution in [0.15, 0.2) is 45.9 Å². The van der Waals surface area contributed by atoms with E-state index in [4.69, 9.17) is 4.74 Å². The maximum absolute atomic E-state index is 10.4. The molecule has 1 aromatic carbocycles. The fourth-order valence-electron chi connectivity index (χ4n) is 2.34. The highest BCUT2D eigenvalue weighted by Crippen LogP contribution is 2.36. The summed E-state index contributed by atoms with van der Waals surface area (Å²) in [7, 11) is 1.59. The molecular formula is C15H16Br2N2O2. The van der Waals surface area contributed by atoms with Gasteiger partial charge in [-0.1, -0.05) is 30.3 Å². The summed E-state index contributed by atoms with van der Waals surface area (Å²) in [4.78, 5) is 8.40. The van der Waals surface area contributed by atoms with Crippen LogP contribution in [0.4, 0.5) is 0 Å². The van der Waals surface area contributed by atoms with Crippen molar-refractivity contribution < 1.29 is 9.84 Å². The van der Waals surface area contributed by atoms with Gasteiger partial charge >= 0.3 is 0 Å². The van der Waals surface area contributed by atoms with Crippen molar-refractivity contribution in [2.24, 2.45) is 0 Å². The molecule has 0 aliphatic rings. The van der Waals surface area contributed by atoms with Gasteiger partial charge in [-0.05, 0) is 44.3 Å². The van der Waals surface area contributed by atoms with E-state index >= 15 is 0 Å². The van der Waals surface area contributed by atoms with Crippen molar-refractivity contribution in [1.82, 2.24) is 9.97 Å². The number of nitrogens with zero attached hydrogens (tertiary/aromatic N) is 2. The Morgan fingerprint density at radius 1 is 1.29 bits per heavy atom. The lowest BCUT2D eigenvalue weighted by molar-refractivity contribution is -0.102. The Hall–Kier alpha value is -0.820. The van der Waals surface area contributed by atoms with Crippen LogP contribution in [0.2, 0.25) is 0 Å². The summed E-state index contributed by atoms with van der Waals surface area (Å²) in [6, 6.07) is 9.89. The van der Waals surface area contributed by atoms with Gasteiger partial charge in [0.15, 0.2) is 4.73 Å². The van der Waals surface area contributed by atoms with Gasteiger partial charge in [-0.15, -0.1) is 0 Å². The molecule has 2 aromatic rings. The number of ether oxygens (including phenoxy) is 1. The molecule has 0 saturated carbocycles. The summed E-state index contributed by atoms with van der Waals surface area (Å²) in [5.41, 5.74) is 0.864. The SMILES string of the molecule is COC(Cc1ccccc1)(c1cnc(Br)nc1Br)C(C)O. The summed E-state index contributed by atoms with van der Waals surface area (Å²) < 4.78 is 6.81. The first-order valence-corrected chi connectivity index (χ1v) is 8.04. The Morgan fingerprint density at radius 2 is 1.95 bits per heavy atom. The molecule has 1 N–H and O–H groups in total. The molecule has 0 saturated heterocycles. The maximum Gasteiger partial charge on any atom is 0.197 e. The molecular weight excluding hydrogens is 400 g/mol. The third-order valence-electron chi connectivity index (χ3n) is 3.52. The van der Waals surface area contributed by atoms with Gasteiger partial charge in [-0.2, -0.15) is 0 Å². The third kappa shape index (κ3) is 3.51. The minimum atomic E-state index is -0.916. The zero-order valence-corrected chi connectivity index (χ0v) is 14.9. The van der Waals surface area contributed by atoms with E-state index < -0.39 is 11.7 Å². The lowest BCUT2D eigenvalue weighted by Crippen LogP contribution is -2.42. The van der Waals surface area contributed by atoms with Crippen molar-refractivity contribution in [1.29, 1.82) is 0 Å². The second-order valence-electron chi connectivity index (χ2n) is 4.78. The van der Waals surface area contributed by atoms with Crippen LogP contribution in [-0.2, 0) is 16.8 Å². The first-order valence-electron chi connectivity index (χ1n) is 6.45. The third-order valence-corrected chi connectivity index (χ3v) is 4.50. The van der Waals surface area contributed by atoms with Crippen LogP contribution in [0.1, 0.15) is 18.1 Å². The van der Waals surface area contributed by atoms with Gasteiger partial charge in [-0.3, -0.25) is 0 Å². The standard InChI is InChI=1S/C15H16Br2N2O2/c1-10(20)15(21-2,8-11-6-4-3-5-7-11)12-9-18-14(17)19-13(12)16/h3-7,9-10,20H,8H2,1-2H3. The number of hydrogen-bond donors (Lipinski definition) is 1. The number of aliphatic hydroxyl groups is 1. The van der Waals surface area contributed by atoms with Crippen molar-refractivity contribution in [2.75, 3.05) is 7.11 Å². The zero-order chi connectivity index (χ0) is 15.5. The lowest BCUT2D eigenvalue weighted by Gasteiger charge is -2.36. The number of methoxy groups -OCH3 is 1. The van der Waals surface area contributed by atoms with Gasteiger partial charge in [-0.25, -0.2) is 9.97 Å². The smallest absolute Gasteiger partial charge is 0.197 e. The fourth-order valence-corrected chi connectivity index (χ4v) is 3.47. The van der Waals surface area contributed by atoms with E-state index in [1.807, 2.05) is 30.3 Å². The predicted molar refractivity (Wildman–Crippen MR) is 87.9 cm³/mol. The van der Waals surface area contributed by atoms with Crippen molar-refractivity contribution in [3.63, 3.8) is 0 Å². The molecule has 1 aromatic heterocycles. The highest BCUT2D eigenvalue weighted by Gasteiger charge is 2.40. The molecule has 1 heterocycles. The van der Waals surface area contributed by atoms with Gasteiger partial charge in [0.05, 0.1) is 6.10 Å². The monoisotopic (exact) mass is 414 g/mol. The summed E-state index contributed by atoms with van der Waals surface area (Å²) in [6.45, 7) is 1.71. The minimum absolute atomic E-state index is 0.480. The number of benzene rings is 1. The van der Waals surface area contributed by atoms with Crippen LogP contribution in [0.5, 0.6) is 0 Å². The van der Waals surface area contributed by atoms with Crippen LogP contribution < -0.4 is 0 Å². The van der Waals surface area contributed by atoms with E-state index in [2.05, 4.69) is 41.8 Å². The summed E-state index contributed by atoms with van der Waals surface area (Å²) in [5.74, 6) is 0. The molecule has 2 unspecified atom stereocenters. The molecule has 0 bridgehead atoms. The van der Waals surface area contributed by atoms with Gasteiger partial charge in [0.2, 0.25) is 0 Å². The Labute approximate surface area is 140 Å². The molecule has 0 spiro atoms. The van der Waals surface area contributed by atoms with Crippen molar-refractivity contribution in [2.45, 2.75) is 25.0 Å². The molecule has 6 heteroatoms. The minimum Gasteiger partial charge on any atom is -0.390 e. The van der Waals surface area contributed by atoms with E-state index in [0.29, 0.717) is 21.3 Å². The van der Waals surface area contributed by atoms with Gasteiger partial charge in [0.1, 0.15) is 10.2 Å². The summed E-state index contributed by atoms with van der Waals surface area (Å²) in [5, 5.41) is 10.4. The quantitative estimate of drug-likeness (QED) is 0.600. The lowest BCUT2D eigenvalue weighted by atomic mass is 9.84. The summed E-state index contributed by atoms with van der Waals surface area (Å²) >= 11 is 6.67. The predicted octanol–water partition coefficient (Wildman–Crippen LogP) is 3.47. The fraction of sp³-hybridized carbons (Fsp3) is 0.333. The van der Waals surface area contributed by atoms with Crippen LogP contribution in [0, 0.1) is 0 Å². The maximum atomic E-state index is 10.4. The van der Waals surface area contributed by atoms with E-state index in [1.54, 1.807) is 20.2 Å². The molecule has 0 amide bonds. The van der Waals surface area contributed by atoms with E-state index in [0.717, 1.165) is 5.56 Å². The van der Waals surface area contributed by atoms with Gasteiger partial charge in [0.25, 0.3) is 0 Å². The van der Waals surface area contributed by atoms with Crippen LogP contribution in [0.25, 0.3) is 0 Å². The summed E-state index contributed by atoms with van der Waals surface area (Å²) in [6.07, 6.45) is 1.45. The number of halogens is 2. The average molecular weight is 416 g/mol. The Kier molecular flexibility index (Phi) is 5.48. The van der Waals surface area contributed by atoms with Crippen molar-refractivity contribution >= 4 is 31.9 Å². The first kappa shape index (κ1) is 16.5. The molecule has 4 nitrogen and oxygen atoms in total. The van der Waals surface area contributed by atoms with E-state index in [-0.39, 0.29) is 0 Å². The number of rotatable bonds is 5. The Morgan fingerprint density at radius 3 is 2.48 bits per heavy atom. The molecule has 21 heavy (non-hydrogen) atoms. The molecule has 112 valence electrons. The number of aliphatic hydroxyl groups excluding tert-OH is 1. The molecule has 2 rings (SSSR count). The molecule has 0 radical (unpaired) electrons. The van der Waals surface area contributed by atoms with Crippen LogP contribution in [0.3, 0.4) is 0 Å². The van der Waals surface area contributed by atoms with E-state index in [1.165, 1.54) is 0 Å².